The highest BCUT2D eigenvalue weighted by atomic mass is 19.1. The molecular weight excluding hydrogens is 209 g/mol. The summed E-state index contributed by atoms with van der Waals surface area (Å²) in [6, 6.07) is 7.59. The van der Waals surface area contributed by atoms with Gasteiger partial charge in [0.1, 0.15) is 17.4 Å². The molecule has 2 aromatic rings. The van der Waals surface area contributed by atoms with Crippen molar-refractivity contribution in [3.63, 3.8) is 0 Å². The first-order valence-electron chi connectivity index (χ1n) is 4.83. The predicted octanol–water partition coefficient (Wildman–Crippen LogP) is 1.95. The number of aromatic nitrogens is 2. The molecule has 0 radical (unpaired) electrons. The Morgan fingerprint density at radius 2 is 2.06 bits per heavy atom. The first-order valence-corrected chi connectivity index (χ1v) is 4.83. The Morgan fingerprint density at radius 3 is 2.62 bits per heavy atom. The lowest BCUT2D eigenvalue weighted by atomic mass is 10.3. The van der Waals surface area contributed by atoms with Gasteiger partial charge in [0.15, 0.2) is 6.73 Å². The van der Waals surface area contributed by atoms with Crippen LogP contribution in [0.15, 0.2) is 30.3 Å². The molecule has 84 valence electrons. The zero-order chi connectivity index (χ0) is 11.5. The molecule has 1 heterocycles. The number of halogens is 1. The van der Waals surface area contributed by atoms with Gasteiger partial charge in [-0.05, 0) is 31.2 Å². The number of nitrogens with two attached hydrogens (primary N) is 1. The van der Waals surface area contributed by atoms with Crippen LogP contribution in [0.5, 0.6) is 5.75 Å². The Hall–Kier alpha value is -2.04. The maximum absolute atomic E-state index is 12.6. The average Bonchev–Trinajstić information content (AvgIpc) is 2.57. The van der Waals surface area contributed by atoms with Gasteiger partial charge in [-0.15, -0.1) is 0 Å². The van der Waals surface area contributed by atoms with Gasteiger partial charge in [-0.25, -0.2) is 9.07 Å². The van der Waals surface area contributed by atoms with Gasteiger partial charge in [0, 0.05) is 11.8 Å². The Labute approximate surface area is 92.4 Å². The third-order valence-electron chi connectivity index (χ3n) is 2.17. The Bertz CT molecular complexity index is 478. The smallest absolute Gasteiger partial charge is 0.181 e. The second-order valence-electron chi connectivity index (χ2n) is 3.44. The average molecular weight is 221 g/mol. The molecule has 1 aromatic heterocycles. The number of benzene rings is 1. The van der Waals surface area contributed by atoms with Gasteiger partial charge in [-0.3, -0.25) is 0 Å². The van der Waals surface area contributed by atoms with E-state index in [1.54, 1.807) is 22.9 Å². The molecule has 5 heteroatoms. The predicted molar refractivity (Wildman–Crippen MR) is 58.4 cm³/mol. The molecule has 0 spiro atoms. The summed E-state index contributed by atoms with van der Waals surface area (Å²) in [6.07, 6.45) is 0. The van der Waals surface area contributed by atoms with Crippen LogP contribution in [0.2, 0.25) is 0 Å². The molecule has 0 aliphatic heterocycles. The van der Waals surface area contributed by atoms with E-state index < -0.39 is 0 Å². The molecule has 0 saturated carbocycles. The van der Waals surface area contributed by atoms with Gasteiger partial charge in [0.05, 0.1) is 0 Å². The van der Waals surface area contributed by atoms with E-state index >= 15 is 0 Å². The van der Waals surface area contributed by atoms with E-state index in [1.165, 1.54) is 12.1 Å². The molecule has 2 N–H and O–H groups in total. The number of nitrogen functional groups attached to an aromatic ring is 1. The summed E-state index contributed by atoms with van der Waals surface area (Å²) in [4.78, 5) is 0. The standard InChI is InChI=1S/C11H12FN3O/c1-8-6-11(13)14-15(8)7-16-10-4-2-9(12)3-5-10/h2-6H,7H2,1H3,(H2,13,14). The van der Waals surface area contributed by atoms with Crippen molar-refractivity contribution in [1.29, 1.82) is 0 Å². The summed E-state index contributed by atoms with van der Waals surface area (Å²) in [5, 5.41) is 4.04. The van der Waals surface area contributed by atoms with Crippen LogP contribution in [0, 0.1) is 12.7 Å². The molecule has 0 bridgehead atoms. The largest absolute Gasteiger partial charge is 0.471 e. The van der Waals surface area contributed by atoms with E-state index in [9.17, 15) is 4.39 Å². The van der Waals surface area contributed by atoms with Crippen molar-refractivity contribution in [2.75, 3.05) is 5.73 Å². The van der Waals surface area contributed by atoms with Gasteiger partial charge in [0.2, 0.25) is 0 Å². The number of aryl methyl sites for hydroxylation is 1. The lowest BCUT2D eigenvalue weighted by molar-refractivity contribution is 0.218. The minimum atomic E-state index is -0.285. The maximum Gasteiger partial charge on any atom is 0.181 e. The number of hydrogen-bond donors (Lipinski definition) is 1. The van der Waals surface area contributed by atoms with E-state index in [-0.39, 0.29) is 12.5 Å². The summed E-state index contributed by atoms with van der Waals surface area (Å²) in [5.74, 6) is 0.766. The maximum atomic E-state index is 12.6. The van der Waals surface area contributed by atoms with Crippen LogP contribution in [0.1, 0.15) is 5.69 Å². The zero-order valence-corrected chi connectivity index (χ0v) is 8.85. The fourth-order valence-corrected chi connectivity index (χ4v) is 1.33. The van der Waals surface area contributed by atoms with Crippen LogP contribution < -0.4 is 10.5 Å². The highest BCUT2D eigenvalue weighted by molar-refractivity contribution is 5.28. The van der Waals surface area contributed by atoms with Crippen molar-refractivity contribution in [3.05, 3.63) is 41.8 Å². The second kappa shape index (κ2) is 4.22. The lowest BCUT2D eigenvalue weighted by Crippen LogP contribution is -2.08. The van der Waals surface area contributed by atoms with Crippen molar-refractivity contribution < 1.29 is 9.13 Å². The zero-order valence-electron chi connectivity index (χ0n) is 8.85. The summed E-state index contributed by atoms with van der Waals surface area (Å²) >= 11 is 0. The van der Waals surface area contributed by atoms with E-state index in [0.29, 0.717) is 11.6 Å². The van der Waals surface area contributed by atoms with Crippen LogP contribution in [-0.4, -0.2) is 9.78 Å². The monoisotopic (exact) mass is 221 g/mol. The fourth-order valence-electron chi connectivity index (χ4n) is 1.33. The molecule has 2 rings (SSSR count). The van der Waals surface area contributed by atoms with Crippen LogP contribution in [0.3, 0.4) is 0 Å². The molecule has 16 heavy (non-hydrogen) atoms. The van der Waals surface area contributed by atoms with Crippen molar-refractivity contribution in [2.45, 2.75) is 13.7 Å². The summed E-state index contributed by atoms with van der Waals surface area (Å²) in [6.45, 7) is 2.14. The quantitative estimate of drug-likeness (QED) is 0.861. The van der Waals surface area contributed by atoms with Crippen LogP contribution in [-0.2, 0) is 6.73 Å². The molecule has 0 atom stereocenters. The van der Waals surface area contributed by atoms with Crippen LogP contribution in [0.4, 0.5) is 10.2 Å². The molecule has 0 fully saturated rings. The molecule has 0 amide bonds. The van der Waals surface area contributed by atoms with E-state index in [0.717, 1.165) is 5.69 Å². The topological polar surface area (TPSA) is 53.1 Å². The molecule has 0 aliphatic rings. The first kappa shape index (κ1) is 10.5. The van der Waals surface area contributed by atoms with Gasteiger partial charge in [-0.2, -0.15) is 5.10 Å². The van der Waals surface area contributed by atoms with Gasteiger partial charge < -0.3 is 10.5 Å². The summed E-state index contributed by atoms with van der Waals surface area (Å²) in [5.41, 5.74) is 6.45. The van der Waals surface area contributed by atoms with Gasteiger partial charge in [-0.1, -0.05) is 0 Å². The number of anilines is 1. The number of rotatable bonds is 3. The van der Waals surface area contributed by atoms with Crippen LogP contribution in [0.25, 0.3) is 0 Å². The number of hydrogen-bond acceptors (Lipinski definition) is 3. The fraction of sp³-hybridized carbons (Fsp3) is 0.182. The Balaban J connectivity index is 2.02. The van der Waals surface area contributed by atoms with E-state index in [1.807, 2.05) is 6.92 Å². The lowest BCUT2D eigenvalue weighted by Gasteiger charge is -2.07. The SMILES string of the molecule is Cc1cc(N)nn1COc1ccc(F)cc1. The Morgan fingerprint density at radius 1 is 1.38 bits per heavy atom. The second-order valence-corrected chi connectivity index (χ2v) is 3.44. The van der Waals surface area contributed by atoms with Gasteiger partial charge >= 0.3 is 0 Å². The Kier molecular flexibility index (Phi) is 2.76. The molecule has 0 aliphatic carbocycles. The third-order valence-corrected chi connectivity index (χ3v) is 2.17. The minimum Gasteiger partial charge on any atom is -0.471 e. The van der Waals surface area contributed by atoms with Crippen molar-refractivity contribution in [2.24, 2.45) is 0 Å². The first-order chi connectivity index (χ1) is 7.65. The molecule has 0 unspecified atom stereocenters. The number of ether oxygens (including phenoxy) is 1. The van der Waals surface area contributed by atoms with Gasteiger partial charge in [0.25, 0.3) is 0 Å². The van der Waals surface area contributed by atoms with Crippen LogP contribution >= 0.6 is 0 Å². The van der Waals surface area contributed by atoms with Crippen molar-refractivity contribution in [1.82, 2.24) is 9.78 Å². The van der Waals surface area contributed by atoms with Crippen molar-refractivity contribution >= 4 is 5.82 Å². The molecule has 0 saturated heterocycles. The normalized spacial score (nSPS) is 10.4. The third kappa shape index (κ3) is 2.31. The highest BCUT2D eigenvalue weighted by Crippen LogP contribution is 2.12. The summed E-state index contributed by atoms with van der Waals surface area (Å²) in [7, 11) is 0. The minimum absolute atomic E-state index is 0.259. The van der Waals surface area contributed by atoms with E-state index in [2.05, 4.69) is 5.10 Å². The highest BCUT2D eigenvalue weighted by Gasteiger charge is 2.01. The van der Waals surface area contributed by atoms with Crippen molar-refractivity contribution in [3.8, 4) is 5.75 Å². The van der Waals surface area contributed by atoms with E-state index in [4.69, 9.17) is 10.5 Å². The molecule has 4 nitrogen and oxygen atoms in total. The number of nitrogens with zero attached hydrogens (tertiary/aromatic N) is 2. The molecular formula is C11H12FN3O. The summed E-state index contributed by atoms with van der Waals surface area (Å²) < 4.78 is 19.7. The molecule has 1 aromatic carbocycles.